The Morgan fingerprint density at radius 3 is 2.72 bits per heavy atom. The van der Waals surface area contributed by atoms with Gasteiger partial charge in [0.1, 0.15) is 11.5 Å². The molecule has 2 aromatic heterocycles. The van der Waals surface area contributed by atoms with Crippen molar-refractivity contribution in [2.75, 3.05) is 12.8 Å². The first-order valence-corrected chi connectivity index (χ1v) is 6.28. The predicted molar refractivity (Wildman–Crippen MR) is 73.3 cm³/mol. The van der Waals surface area contributed by atoms with E-state index in [0.29, 0.717) is 23.2 Å². The summed E-state index contributed by atoms with van der Waals surface area (Å²) < 4.78 is 5.83. The van der Waals surface area contributed by atoms with Crippen molar-refractivity contribution in [1.29, 1.82) is 0 Å². The number of hydrogen-bond acceptors (Lipinski definition) is 5. The molecule has 6 heteroatoms. The second-order valence-electron chi connectivity index (χ2n) is 3.61. The fourth-order valence-electron chi connectivity index (χ4n) is 1.51. The van der Waals surface area contributed by atoms with E-state index in [2.05, 4.69) is 30.9 Å². The first-order valence-electron chi connectivity index (χ1n) is 5.49. The normalized spacial score (nSPS) is 10.4. The van der Waals surface area contributed by atoms with Crippen LogP contribution in [0.3, 0.4) is 0 Å². The molecule has 0 unspecified atom stereocenters. The summed E-state index contributed by atoms with van der Waals surface area (Å²) in [7, 11) is 1.57. The number of ether oxygens (including phenoxy) is 1. The molecule has 0 aromatic carbocycles. The zero-order valence-electron chi connectivity index (χ0n) is 10.1. The number of aromatic nitrogens is 3. The molecule has 0 atom stereocenters. The molecule has 0 fully saturated rings. The van der Waals surface area contributed by atoms with Crippen molar-refractivity contribution in [3.63, 3.8) is 0 Å². The molecule has 2 heterocycles. The number of nitrogens with zero attached hydrogens (tertiary/aromatic N) is 3. The van der Waals surface area contributed by atoms with Crippen molar-refractivity contribution in [3.8, 4) is 17.4 Å². The van der Waals surface area contributed by atoms with Gasteiger partial charge in [-0.15, -0.1) is 0 Å². The van der Waals surface area contributed by atoms with Crippen LogP contribution in [0.5, 0.6) is 5.88 Å². The van der Waals surface area contributed by atoms with Gasteiger partial charge in [0.15, 0.2) is 5.82 Å². The summed E-state index contributed by atoms with van der Waals surface area (Å²) >= 11 is 3.38. The minimum atomic E-state index is 0.418. The number of nitrogens with two attached hydrogens (primary N) is 1. The maximum Gasteiger partial charge on any atom is 0.213 e. The van der Waals surface area contributed by atoms with Crippen LogP contribution in [0.4, 0.5) is 5.82 Å². The summed E-state index contributed by atoms with van der Waals surface area (Å²) in [6.45, 7) is 2.01. The number of pyridine rings is 1. The molecule has 2 N–H and O–H groups in total. The molecule has 0 bridgehead atoms. The van der Waals surface area contributed by atoms with Crippen molar-refractivity contribution in [1.82, 2.24) is 15.0 Å². The molecule has 0 aliphatic heterocycles. The summed E-state index contributed by atoms with van der Waals surface area (Å²) in [5.41, 5.74) is 7.35. The molecule has 94 valence electrons. The predicted octanol–water partition coefficient (Wildman–Crippen LogP) is 2.45. The van der Waals surface area contributed by atoms with E-state index in [4.69, 9.17) is 10.5 Å². The van der Waals surface area contributed by atoms with Crippen molar-refractivity contribution >= 4 is 21.7 Å². The Bertz CT molecular complexity index is 574. The molecular weight excluding hydrogens is 296 g/mol. The lowest BCUT2D eigenvalue weighted by molar-refractivity contribution is 0.398. The van der Waals surface area contributed by atoms with Crippen LogP contribution in [-0.2, 0) is 6.42 Å². The van der Waals surface area contributed by atoms with Gasteiger partial charge in [-0.05, 0) is 28.4 Å². The van der Waals surface area contributed by atoms with E-state index in [1.807, 2.05) is 19.1 Å². The Morgan fingerprint density at radius 1 is 1.28 bits per heavy atom. The van der Waals surface area contributed by atoms with E-state index in [0.717, 1.165) is 16.6 Å². The van der Waals surface area contributed by atoms with Gasteiger partial charge in [-0.25, -0.2) is 15.0 Å². The lowest BCUT2D eigenvalue weighted by atomic mass is 10.3. The summed E-state index contributed by atoms with van der Waals surface area (Å²) in [6, 6.07) is 5.44. The first-order chi connectivity index (χ1) is 8.65. The smallest absolute Gasteiger partial charge is 0.213 e. The largest absolute Gasteiger partial charge is 0.481 e. The Hall–Kier alpha value is -1.69. The van der Waals surface area contributed by atoms with Crippen LogP contribution in [0, 0.1) is 0 Å². The van der Waals surface area contributed by atoms with E-state index >= 15 is 0 Å². The van der Waals surface area contributed by atoms with Gasteiger partial charge in [-0.2, -0.15) is 0 Å². The van der Waals surface area contributed by atoms with E-state index in [1.54, 1.807) is 13.2 Å². The highest BCUT2D eigenvalue weighted by molar-refractivity contribution is 9.10. The third-order valence-corrected chi connectivity index (χ3v) is 3.31. The molecule has 0 amide bonds. The highest BCUT2D eigenvalue weighted by Gasteiger charge is 2.11. The standard InChI is InChI=1S/C12H13BrN4O/c1-3-7-10(13)11(14)17-12(16-7)8-5-4-6-9(15-8)18-2/h4-6H,3H2,1-2H3,(H2,14,16,17). The molecule has 0 aliphatic carbocycles. The Kier molecular flexibility index (Phi) is 3.76. The second kappa shape index (κ2) is 5.30. The third-order valence-electron chi connectivity index (χ3n) is 2.44. The van der Waals surface area contributed by atoms with E-state index in [-0.39, 0.29) is 0 Å². The summed E-state index contributed by atoms with van der Waals surface area (Å²) in [6.07, 6.45) is 0.768. The van der Waals surface area contributed by atoms with Gasteiger partial charge in [0, 0.05) is 6.07 Å². The number of nitrogen functional groups attached to an aromatic ring is 1. The number of anilines is 1. The maximum atomic E-state index is 5.85. The lowest BCUT2D eigenvalue weighted by Gasteiger charge is -2.07. The minimum Gasteiger partial charge on any atom is -0.481 e. The summed E-state index contributed by atoms with van der Waals surface area (Å²) in [5.74, 6) is 1.45. The topological polar surface area (TPSA) is 73.9 Å². The van der Waals surface area contributed by atoms with Gasteiger partial charge >= 0.3 is 0 Å². The second-order valence-corrected chi connectivity index (χ2v) is 4.40. The van der Waals surface area contributed by atoms with Crippen molar-refractivity contribution in [2.24, 2.45) is 0 Å². The molecule has 5 nitrogen and oxygen atoms in total. The molecule has 0 spiro atoms. The SMILES string of the molecule is CCc1nc(-c2cccc(OC)n2)nc(N)c1Br. The fraction of sp³-hybridized carbons (Fsp3) is 0.250. The zero-order valence-corrected chi connectivity index (χ0v) is 11.7. The van der Waals surface area contributed by atoms with Gasteiger partial charge < -0.3 is 10.5 Å². The molecule has 18 heavy (non-hydrogen) atoms. The zero-order chi connectivity index (χ0) is 13.1. The fourth-order valence-corrected chi connectivity index (χ4v) is 1.97. The van der Waals surface area contributed by atoms with E-state index in [9.17, 15) is 0 Å². The molecule has 0 radical (unpaired) electrons. The molecule has 0 saturated carbocycles. The van der Waals surface area contributed by atoms with Gasteiger partial charge in [-0.3, -0.25) is 0 Å². The Balaban J connectivity index is 2.53. The average molecular weight is 309 g/mol. The minimum absolute atomic E-state index is 0.418. The highest BCUT2D eigenvalue weighted by Crippen LogP contribution is 2.25. The lowest BCUT2D eigenvalue weighted by Crippen LogP contribution is -2.03. The summed E-state index contributed by atoms with van der Waals surface area (Å²) in [4.78, 5) is 13.0. The third kappa shape index (κ3) is 2.43. The first kappa shape index (κ1) is 12.8. The number of halogens is 1. The monoisotopic (exact) mass is 308 g/mol. The number of aryl methyl sites for hydroxylation is 1. The Morgan fingerprint density at radius 2 is 2.06 bits per heavy atom. The van der Waals surface area contributed by atoms with Gasteiger partial charge in [0.2, 0.25) is 5.88 Å². The van der Waals surface area contributed by atoms with Crippen LogP contribution >= 0.6 is 15.9 Å². The van der Waals surface area contributed by atoms with Crippen LogP contribution < -0.4 is 10.5 Å². The number of rotatable bonds is 3. The molecular formula is C12H13BrN4O. The molecule has 2 aromatic rings. The Labute approximate surface area is 114 Å². The van der Waals surface area contributed by atoms with Gasteiger partial charge in [0.25, 0.3) is 0 Å². The number of methoxy groups -OCH3 is 1. The van der Waals surface area contributed by atoms with Crippen LogP contribution in [0.2, 0.25) is 0 Å². The molecule has 2 rings (SSSR count). The number of hydrogen-bond donors (Lipinski definition) is 1. The van der Waals surface area contributed by atoms with Crippen molar-refractivity contribution < 1.29 is 4.74 Å². The van der Waals surface area contributed by atoms with Gasteiger partial charge in [-0.1, -0.05) is 13.0 Å². The van der Waals surface area contributed by atoms with E-state index < -0.39 is 0 Å². The van der Waals surface area contributed by atoms with Crippen LogP contribution in [0.25, 0.3) is 11.5 Å². The van der Waals surface area contributed by atoms with Crippen LogP contribution in [0.1, 0.15) is 12.6 Å². The quantitative estimate of drug-likeness (QED) is 0.942. The van der Waals surface area contributed by atoms with Crippen molar-refractivity contribution in [3.05, 3.63) is 28.4 Å². The highest BCUT2D eigenvalue weighted by atomic mass is 79.9. The van der Waals surface area contributed by atoms with Crippen LogP contribution in [-0.4, -0.2) is 22.1 Å². The molecule has 0 aliphatic rings. The molecule has 0 saturated heterocycles. The summed E-state index contributed by atoms with van der Waals surface area (Å²) in [5, 5.41) is 0. The maximum absolute atomic E-state index is 5.85. The van der Waals surface area contributed by atoms with Crippen molar-refractivity contribution in [2.45, 2.75) is 13.3 Å². The average Bonchev–Trinajstić information content (AvgIpc) is 2.41. The van der Waals surface area contributed by atoms with E-state index in [1.165, 1.54) is 0 Å². The van der Waals surface area contributed by atoms with Crippen LogP contribution in [0.15, 0.2) is 22.7 Å². The van der Waals surface area contributed by atoms with Gasteiger partial charge in [0.05, 0.1) is 17.3 Å².